The number of amides is 1. The molecule has 1 amide bonds. The zero-order chi connectivity index (χ0) is 11.8. The number of hydrogen-bond donors (Lipinski definition) is 3. The van der Waals surface area contributed by atoms with Crippen molar-refractivity contribution in [3.05, 3.63) is 0 Å². The van der Waals surface area contributed by atoms with Crippen LogP contribution in [0.3, 0.4) is 0 Å². The second-order valence-corrected chi connectivity index (χ2v) is 3.20. The molecule has 88 valence electrons. The Bertz CT molecular complexity index is 216. The first-order chi connectivity index (χ1) is 7.06. The Morgan fingerprint density at radius 1 is 1.53 bits per heavy atom. The van der Waals surface area contributed by atoms with Gasteiger partial charge in [-0.15, -0.1) is 0 Å². The van der Waals surface area contributed by atoms with Crippen molar-refractivity contribution in [1.82, 2.24) is 5.32 Å². The molecule has 15 heavy (non-hydrogen) atoms. The van der Waals surface area contributed by atoms with Crippen LogP contribution in [0.1, 0.15) is 13.3 Å². The highest BCUT2D eigenvalue weighted by molar-refractivity contribution is 5.85. The smallest absolute Gasteiger partial charge is 0.328 e. The van der Waals surface area contributed by atoms with Crippen LogP contribution in [0.4, 0.5) is 0 Å². The first kappa shape index (κ1) is 13.9. The predicted molar refractivity (Wildman–Crippen MR) is 54.3 cm³/mol. The van der Waals surface area contributed by atoms with Gasteiger partial charge in [0.1, 0.15) is 0 Å². The van der Waals surface area contributed by atoms with Gasteiger partial charge in [0.2, 0.25) is 5.91 Å². The summed E-state index contributed by atoms with van der Waals surface area (Å²) >= 11 is 0. The van der Waals surface area contributed by atoms with Crippen LogP contribution in [0.15, 0.2) is 0 Å². The third-order valence-corrected chi connectivity index (χ3v) is 2.10. The fourth-order valence-electron chi connectivity index (χ4n) is 1.09. The zero-order valence-electron chi connectivity index (χ0n) is 9.03. The lowest BCUT2D eigenvalue weighted by Gasteiger charge is -2.17. The van der Waals surface area contributed by atoms with Gasteiger partial charge in [0.05, 0.1) is 6.61 Å². The summed E-state index contributed by atoms with van der Waals surface area (Å²) in [7, 11) is 1.38. The standard InChI is InChI=1S/C9H18N2O4/c1-3-6(4-10)8(12)11-7(5-15-2)9(13)14/h6-7H,3-5,10H2,1-2H3,(H,11,12)(H,13,14). The lowest BCUT2D eigenvalue weighted by Crippen LogP contribution is -2.47. The molecule has 2 unspecified atom stereocenters. The third-order valence-electron chi connectivity index (χ3n) is 2.10. The van der Waals surface area contributed by atoms with E-state index in [-0.39, 0.29) is 25.0 Å². The predicted octanol–water partition coefficient (Wildman–Crippen LogP) is -0.813. The number of nitrogens with two attached hydrogens (primary N) is 1. The maximum absolute atomic E-state index is 11.5. The van der Waals surface area contributed by atoms with E-state index in [1.165, 1.54) is 7.11 Å². The van der Waals surface area contributed by atoms with E-state index >= 15 is 0 Å². The Balaban J connectivity index is 4.27. The van der Waals surface area contributed by atoms with E-state index in [4.69, 9.17) is 10.8 Å². The molecule has 6 nitrogen and oxygen atoms in total. The largest absolute Gasteiger partial charge is 0.480 e. The molecule has 0 heterocycles. The third kappa shape index (κ3) is 4.75. The van der Waals surface area contributed by atoms with Crippen LogP contribution in [0.2, 0.25) is 0 Å². The quantitative estimate of drug-likeness (QED) is 0.518. The van der Waals surface area contributed by atoms with Crippen LogP contribution < -0.4 is 11.1 Å². The topological polar surface area (TPSA) is 102 Å². The molecule has 6 heteroatoms. The van der Waals surface area contributed by atoms with Gasteiger partial charge in [-0.3, -0.25) is 4.79 Å². The molecule has 0 aromatic rings. The van der Waals surface area contributed by atoms with Crippen LogP contribution in [0.25, 0.3) is 0 Å². The molecule has 0 radical (unpaired) electrons. The fraction of sp³-hybridized carbons (Fsp3) is 0.778. The molecule has 0 aliphatic rings. The van der Waals surface area contributed by atoms with Crippen LogP contribution in [0, 0.1) is 5.92 Å². The summed E-state index contributed by atoms with van der Waals surface area (Å²) in [5.74, 6) is -1.80. The average molecular weight is 218 g/mol. The molecule has 0 aliphatic carbocycles. The summed E-state index contributed by atoms with van der Waals surface area (Å²) in [5.41, 5.74) is 5.37. The summed E-state index contributed by atoms with van der Waals surface area (Å²) in [6.07, 6.45) is 0.585. The van der Waals surface area contributed by atoms with Gasteiger partial charge in [0.25, 0.3) is 0 Å². The maximum atomic E-state index is 11.5. The van der Waals surface area contributed by atoms with E-state index in [9.17, 15) is 9.59 Å². The van der Waals surface area contributed by atoms with Crippen molar-refractivity contribution in [2.75, 3.05) is 20.3 Å². The van der Waals surface area contributed by atoms with Gasteiger partial charge >= 0.3 is 5.97 Å². The number of ether oxygens (including phenoxy) is 1. The minimum Gasteiger partial charge on any atom is -0.480 e. The summed E-state index contributed by atoms with van der Waals surface area (Å²) < 4.78 is 4.69. The van der Waals surface area contributed by atoms with Crippen LogP contribution in [0.5, 0.6) is 0 Å². The van der Waals surface area contributed by atoms with Gasteiger partial charge in [-0.2, -0.15) is 0 Å². The van der Waals surface area contributed by atoms with E-state index in [0.29, 0.717) is 6.42 Å². The molecule has 0 aliphatic heterocycles. The second-order valence-electron chi connectivity index (χ2n) is 3.20. The summed E-state index contributed by atoms with van der Waals surface area (Å²) in [5, 5.41) is 11.1. The molecule has 0 aromatic carbocycles. The lowest BCUT2D eigenvalue weighted by atomic mass is 10.1. The minimum absolute atomic E-state index is 0.0535. The highest BCUT2D eigenvalue weighted by atomic mass is 16.5. The number of carboxylic acid groups (broad SMARTS) is 1. The van der Waals surface area contributed by atoms with Gasteiger partial charge in [0.15, 0.2) is 6.04 Å². The number of carbonyl (C=O) groups excluding carboxylic acids is 1. The molecule has 4 N–H and O–H groups in total. The molecule has 0 rings (SSSR count). The number of rotatable bonds is 7. The van der Waals surface area contributed by atoms with E-state index in [2.05, 4.69) is 10.1 Å². The Kier molecular flexibility index (Phi) is 6.64. The van der Waals surface area contributed by atoms with Crippen molar-refractivity contribution in [3.8, 4) is 0 Å². The highest BCUT2D eigenvalue weighted by Gasteiger charge is 2.23. The number of methoxy groups -OCH3 is 1. The zero-order valence-corrected chi connectivity index (χ0v) is 9.03. The summed E-state index contributed by atoms with van der Waals surface area (Å²) in [4.78, 5) is 22.2. The molecule has 0 fully saturated rings. The monoisotopic (exact) mass is 218 g/mol. The normalized spacial score (nSPS) is 14.3. The summed E-state index contributed by atoms with van der Waals surface area (Å²) in [6, 6.07) is -1.01. The maximum Gasteiger partial charge on any atom is 0.328 e. The molecular formula is C9H18N2O4. The van der Waals surface area contributed by atoms with Crippen LogP contribution >= 0.6 is 0 Å². The Hall–Kier alpha value is -1.14. The first-order valence-corrected chi connectivity index (χ1v) is 4.78. The molecule has 0 bridgehead atoms. The number of aliphatic carboxylic acids is 1. The van der Waals surface area contributed by atoms with Crippen molar-refractivity contribution in [1.29, 1.82) is 0 Å². The summed E-state index contributed by atoms with van der Waals surface area (Å²) in [6.45, 7) is 1.98. The second kappa shape index (κ2) is 7.19. The highest BCUT2D eigenvalue weighted by Crippen LogP contribution is 2.00. The SMILES string of the molecule is CCC(CN)C(=O)NC(COC)C(=O)O. The fourth-order valence-corrected chi connectivity index (χ4v) is 1.09. The van der Waals surface area contributed by atoms with E-state index in [1.807, 2.05) is 6.92 Å². The Morgan fingerprint density at radius 2 is 2.13 bits per heavy atom. The minimum atomic E-state index is -1.11. The molecule has 0 aromatic heterocycles. The van der Waals surface area contributed by atoms with Gasteiger partial charge in [-0.25, -0.2) is 4.79 Å². The number of carbonyl (C=O) groups is 2. The van der Waals surface area contributed by atoms with Crippen LogP contribution in [-0.4, -0.2) is 43.3 Å². The lowest BCUT2D eigenvalue weighted by molar-refractivity contribution is -0.144. The van der Waals surface area contributed by atoms with Crippen molar-refractivity contribution in [2.24, 2.45) is 11.7 Å². The molecule has 2 atom stereocenters. The van der Waals surface area contributed by atoms with E-state index in [0.717, 1.165) is 0 Å². The van der Waals surface area contributed by atoms with Gasteiger partial charge < -0.3 is 20.9 Å². The Labute approximate surface area is 88.8 Å². The van der Waals surface area contributed by atoms with Gasteiger partial charge in [-0.05, 0) is 6.42 Å². The van der Waals surface area contributed by atoms with Crippen molar-refractivity contribution < 1.29 is 19.4 Å². The molecule has 0 spiro atoms. The van der Waals surface area contributed by atoms with Gasteiger partial charge in [-0.1, -0.05) is 6.92 Å². The van der Waals surface area contributed by atoms with Crippen molar-refractivity contribution in [2.45, 2.75) is 19.4 Å². The van der Waals surface area contributed by atoms with E-state index in [1.54, 1.807) is 0 Å². The number of carboxylic acids is 1. The van der Waals surface area contributed by atoms with Crippen LogP contribution in [-0.2, 0) is 14.3 Å². The Morgan fingerprint density at radius 3 is 2.47 bits per heavy atom. The van der Waals surface area contributed by atoms with E-state index < -0.39 is 12.0 Å². The number of nitrogens with one attached hydrogen (secondary N) is 1. The first-order valence-electron chi connectivity index (χ1n) is 4.78. The van der Waals surface area contributed by atoms with Gasteiger partial charge in [0, 0.05) is 19.6 Å². The van der Waals surface area contributed by atoms with Crippen molar-refractivity contribution in [3.63, 3.8) is 0 Å². The number of hydrogen-bond acceptors (Lipinski definition) is 4. The van der Waals surface area contributed by atoms with Crippen molar-refractivity contribution >= 4 is 11.9 Å². The molecule has 0 saturated carbocycles. The molecule has 0 saturated heterocycles. The average Bonchev–Trinajstić information content (AvgIpc) is 2.18. The molecular weight excluding hydrogens is 200 g/mol.